The van der Waals surface area contributed by atoms with Gasteiger partial charge in [0.25, 0.3) is 0 Å². The molecule has 0 fully saturated rings. The summed E-state index contributed by atoms with van der Waals surface area (Å²) in [4.78, 5) is 0. The second-order valence-electron chi connectivity index (χ2n) is 3.91. The van der Waals surface area contributed by atoms with Gasteiger partial charge in [0.05, 0.1) is 5.56 Å². The van der Waals surface area contributed by atoms with Gasteiger partial charge in [-0.25, -0.2) is 8.78 Å². The molecule has 0 aliphatic heterocycles. The number of nitrogens with two attached hydrogens (primary N) is 1. The highest BCUT2D eigenvalue weighted by molar-refractivity contribution is 5.69. The maximum absolute atomic E-state index is 14.0. The van der Waals surface area contributed by atoms with Crippen LogP contribution in [-0.4, -0.2) is 0 Å². The average Bonchev–Trinajstić information content (AvgIpc) is 2.35. The summed E-state index contributed by atoms with van der Waals surface area (Å²) in [6, 6.07) is 9.72. The van der Waals surface area contributed by atoms with Gasteiger partial charge in [0.2, 0.25) is 0 Å². The zero-order chi connectivity index (χ0) is 12.4. The molecular formula is C14H13F2N. The topological polar surface area (TPSA) is 26.0 Å². The van der Waals surface area contributed by atoms with Crippen LogP contribution in [0, 0.1) is 18.6 Å². The third-order valence-electron chi connectivity index (χ3n) is 2.79. The first kappa shape index (κ1) is 11.7. The Labute approximate surface area is 98.9 Å². The van der Waals surface area contributed by atoms with Crippen molar-refractivity contribution >= 4 is 0 Å². The molecular weight excluding hydrogens is 220 g/mol. The van der Waals surface area contributed by atoms with Crippen molar-refractivity contribution in [2.45, 2.75) is 13.5 Å². The smallest absolute Gasteiger partial charge is 0.136 e. The molecule has 2 N–H and O–H groups in total. The first-order valence-corrected chi connectivity index (χ1v) is 5.38. The number of hydrogen-bond acceptors (Lipinski definition) is 1. The maximum atomic E-state index is 14.0. The lowest BCUT2D eigenvalue weighted by atomic mass is 9.97. The van der Waals surface area contributed by atoms with Crippen LogP contribution in [0.25, 0.3) is 11.1 Å². The van der Waals surface area contributed by atoms with Crippen LogP contribution in [0.2, 0.25) is 0 Å². The molecule has 0 radical (unpaired) electrons. The second-order valence-corrected chi connectivity index (χ2v) is 3.91. The highest BCUT2D eigenvalue weighted by Gasteiger charge is 2.15. The molecule has 17 heavy (non-hydrogen) atoms. The van der Waals surface area contributed by atoms with Gasteiger partial charge in [-0.1, -0.05) is 30.3 Å². The molecule has 1 nitrogen and oxygen atoms in total. The Morgan fingerprint density at radius 3 is 2.47 bits per heavy atom. The Hall–Kier alpha value is -1.74. The predicted molar refractivity (Wildman–Crippen MR) is 64.4 cm³/mol. The van der Waals surface area contributed by atoms with Crippen LogP contribution >= 0.6 is 0 Å². The van der Waals surface area contributed by atoms with Gasteiger partial charge in [-0.3, -0.25) is 0 Å². The summed E-state index contributed by atoms with van der Waals surface area (Å²) in [5.41, 5.74) is 7.27. The Kier molecular flexibility index (Phi) is 3.20. The monoisotopic (exact) mass is 233 g/mol. The molecule has 0 amide bonds. The molecule has 0 bridgehead atoms. The van der Waals surface area contributed by atoms with E-state index in [-0.39, 0.29) is 12.1 Å². The summed E-state index contributed by atoms with van der Waals surface area (Å²) in [5.74, 6) is -1.08. The lowest BCUT2D eigenvalue weighted by molar-refractivity contribution is 0.583. The summed E-state index contributed by atoms with van der Waals surface area (Å²) in [5, 5.41) is 0. The van der Waals surface area contributed by atoms with E-state index in [0.29, 0.717) is 11.1 Å². The van der Waals surface area contributed by atoms with Crippen LogP contribution in [0.3, 0.4) is 0 Å². The molecule has 0 unspecified atom stereocenters. The van der Waals surface area contributed by atoms with Crippen molar-refractivity contribution in [1.29, 1.82) is 0 Å². The summed E-state index contributed by atoms with van der Waals surface area (Å²) >= 11 is 0. The number of rotatable bonds is 2. The van der Waals surface area contributed by atoms with Crippen molar-refractivity contribution in [1.82, 2.24) is 0 Å². The Morgan fingerprint density at radius 1 is 1.06 bits per heavy atom. The van der Waals surface area contributed by atoms with Gasteiger partial charge in [0.15, 0.2) is 0 Å². The van der Waals surface area contributed by atoms with E-state index in [1.54, 1.807) is 31.2 Å². The Bertz CT molecular complexity index is 550. The van der Waals surface area contributed by atoms with Crippen molar-refractivity contribution in [2.75, 3.05) is 0 Å². The fraction of sp³-hybridized carbons (Fsp3) is 0.143. The summed E-state index contributed by atoms with van der Waals surface area (Å²) in [6.07, 6.45) is 0. The van der Waals surface area contributed by atoms with Gasteiger partial charge in [-0.05, 0) is 29.7 Å². The zero-order valence-electron chi connectivity index (χ0n) is 9.50. The lowest BCUT2D eigenvalue weighted by Gasteiger charge is -2.11. The first-order valence-electron chi connectivity index (χ1n) is 5.38. The minimum atomic E-state index is -0.561. The van der Waals surface area contributed by atoms with Crippen LogP contribution < -0.4 is 5.73 Å². The molecule has 88 valence electrons. The highest BCUT2D eigenvalue weighted by atomic mass is 19.1. The Balaban J connectivity index is 2.72. The van der Waals surface area contributed by atoms with Gasteiger partial charge in [0.1, 0.15) is 11.6 Å². The van der Waals surface area contributed by atoms with E-state index in [1.165, 1.54) is 12.1 Å². The van der Waals surface area contributed by atoms with E-state index in [0.717, 1.165) is 5.56 Å². The number of halogens is 2. The summed E-state index contributed by atoms with van der Waals surface area (Å²) in [7, 11) is 0. The molecule has 0 atom stereocenters. The van der Waals surface area contributed by atoms with Crippen LogP contribution in [-0.2, 0) is 6.54 Å². The third-order valence-corrected chi connectivity index (χ3v) is 2.79. The fourth-order valence-corrected chi connectivity index (χ4v) is 1.85. The van der Waals surface area contributed by atoms with Gasteiger partial charge in [-0.15, -0.1) is 0 Å². The first-order chi connectivity index (χ1) is 8.15. The molecule has 0 heterocycles. The maximum Gasteiger partial charge on any atom is 0.136 e. The predicted octanol–water partition coefficient (Wildman–Crippen LogP) is 3.40. The van der Waals surface area contributed by atoms with E-state index >= 15 is 0 Å². The number of aryl methyl sites for hydroxylation is 1. The molecule has 0 aliphatic rings. The van der Waals surface area contributed by atoms with Crippen molar-refractivity contribution in [2.24, 2.45) is 5.73 Å². The summed E-state index contributed by atoms with van der Waals surface area (Å²) < 4.78 is 27.7. The molecule has 2 aromatic rings. The molecule has 2 aromatic carbocycles. The summed E-state index contributed by atoms with van der Waals surface area (Å²) in [6.45, 7) is 1.87. The van der Waals surface area contributed by atoms with Crippen molar-refractivity contribution in [3.05, 3.63) is 59.2 Å². The third kappa shape index (κ3) is 2.06. The van der Waals surface area contributed by atoms with Gasteiger partial charge in [-0.2, -0.15) is 0 Å². The molecule has 0 aromatic heterocycles. The van der Waals surface area contributed by atoms with E-state index in [9.17, 15) is 8.78 Å². The normalized spacial score (nSPS) is 10.6. The van der Waals surface area contributed by atoms with E-state index in [1.807, 2.05) is 0 Å². The molecule has 0 saturated carbocycles. The van der Waals surface area contributed by atoms with Crippen LogP contribution in [0.5, 0.6) is 0 Å². The van der Waals surface area contributed by atoms with E-state index in [2.05, 4.69) is 0 Å². The minimum absolute atomic E-state index is 0.00560. The Morgan fingerprint density at radius 2 is 1.76 bits per heavy atom. The van der Waals surface area contributed by atoms with E-state index in [4.69, 9.17) is 5.73 Å². The SMILES string of the molecule is Cc1ccc(F)c(-c2ccccc2CN)c1F. The molecule has 0 saturated heterocycles. The van der Waals surface area contributed by atoms with Crippen molar-refractivity contribution < 1.29 is 8.78 Å². The molecule has 0 aliphatic carbocycles. The minimum Gasteiger partial charge on any atom is -0.326 e. The van der Waals surface area contributed by atoms with Gasteiger partial charge in [0, 0.05) is 6.54 Å². The highest BCUT2D eigenvalue weighted by Crippen LogP contribution is 2.30. The van der Waals surface area contributed by atoms with Crippen molar-refractivity contribution in [3.8, 4) is 11.1 Å². The fourth-order valence-electron chi connectivity index (χ4n) is 1.85. The van der Waals surface area contributed by atoms with Crippen LogP contribution in [0.1, 0.15) is 11.1 Å². The molecule has 3 heteroatoms. The van der Waals surface area contributed by atoms with Gasteiger partial charge < -0.3 is 5.73 Å². The largest absolute Gasteiger partial charge is 0.326 e. The van der Waals surface area contributed by atoms with Crippen LogP contribution in [0.4, 0.5) is 8.78 Å². The zero-order valence-corrected chi connectivity index (χ0v) is 9.50. The van der Waals surface area contributed by atoms with E-state index < -0.39 is 11.6 Å². The average molecular weight is 233 g/mol. The van der Waals surface area contributed by atoms with Crippen molar-refractivity contribution in [3.63, 3.8) is 0 Å². The number of hydrogen-bond donors (Lipinski definition) is 1. The molecule has 2 rings (SSSR count). The second kappa shape index (κ2) is 4.63. The quantitative estimate of drug-likeness (QED) is 0.845. The number of benzene rings is 2. The standard InChI is InChI=1S/C14H13F2N/c1-9-6-7-12(15)13(14(9)16)11-5-3-2-4-10(11)8-17/h2-7H,8,17H2,1H3. The molecule has 0 spiro atoms. The van der Waals surface area contributed by atoms with Gasteiger partial charge >= 0.3 is 0 Å². The van der Waals surface area contributed by atoms with Crippen LogP contribution in [0.15, 0.2) is 36.4 Å². The lowest BCUT2D eigenvalue weighted by Crippen LogP contribution is -2.01.